The van der Waals surface area contributed by atoms with Crippen LogP contribution >= 0.6 is 24.0 Å². The highest BCUT2D eigenvalue weighted by atomic mass is 127. The van der Waals surface area contributed by atoms with Gasteiger partial charge in [-0.3, -0.25) is 0 Å². The van der Waals surface area contributed by atoms with Gasteiger partial charge in [-0.15, -0.1) is 24.0 Å². The average molecular weight is 494 g/mol. The van der Waals surface area contributed by atoms with E-state index in [1.54, 1.807) is 29.2 Å². The third-order valence-electron chi connectivity index (χ3n) is 3.97. The molecule has 0 amide bonds. The van der Waals surface area contributed by atoms with Crippen LogP contribution in [0.2, 0.25) is 0 Å². The number of halogens is 2. The molecule has 3 rings (SSSR count). The van der Waals surface area contributed by atoms with Crippen LogP contribution in [0.4, 0.5) is 4.39 Å². The number of nitrogens with zero attached hydrogens (tertiary/aromatic N) is 5. The van der Waals surface area contributed by atoms with Crippen LogP contribution in [0.25, 0.3) is 5.82 Å². The Kier molecular flexibility index (Phi) is 8.37. The molecule has 1 aromatic carbocycles. The SMILES string of the molecule is CCNC(=NCc1ccnc(-n2cccn2)c1)N(C)Cc1cccc(F)c1.I. The van der Waals surface area contributed by atoms with Gasteiger partial charge in [0.1, 0.15) is 5.82 Å². The summed E-state index contributed by atoms with van der Waals surface area (Å²) in [6, 6.07) is 12.4. The lowest BCUT2D eigenvalue weighted by Crippen LogP contribution is -2.38. The van der Waals surface area contributed by atoms with Crippen molar-refractivity contribution in [2.24, 2.45) is 4.99 Å². The standard InChI is InChI=1S/C20H23FN6.HI/c1-3-22-20(26(2)15-17-6-4-7-18(21)12-17)24-14-16-8-10-23-19(13-16)27-11-5-9-25-27;/h4-13H,3,14-15H2,1-2H3,(H,22,24);1H. The topological polar surface area (TPSA) is 58.3 Å². The first-order valence-electron chi connectivity index (χ1n) is 8.84. The smallest absolute Gasteiger partial charge is 0.194 e. The van der Waals surface area contributed by atoms with E-state index >= 15 is 0 Å². The van der Waals surface area contributed by atoms with Crippen LogP contribution in [-0.4, -0.2) is 39.2 Å². The van der Waals surface area contributed by atoms with Gasteiger partial charge >= 0.3 is 0 Å². The van der Waals surface area contributed by atoms with Gasteiger partial charge in [-0.25, -0.2) is 19.0 Å². The number of nitrogens with one attached hydrogen (secondary N) is 1. The Hall–Kier alpha value is -2.49. The van der Waals surface area contributed by atoms with Crippen LogP contribution in [0, 0.1) is 5.82 Å². The van der Waals surface area contributed by atoms with Crippen molar-refractivity contribution < 1.29 is 4.39 Å². The van der Waals surface area contributed by atoms with Crippen molar-refractivity contribution in [3.63, 3.8) is 0 Å². The molecule has 28 heavy (non-hydrogen) atoms. The second-order valence-electron chi connectivity index (χ2n) is 6.13. The zero-order chi connectivity index (χ0) is 19.1. The molecule has 0 bridgehead atoms. The molecule has 2 aromatic heterocycles. The van der Waals surface area contributed by atoms with Crippen molar-refractivity contribution in [1.82, 2.24) is 25.0 Å². The second kappa shape index (κ2) is 10.7. The molecular formula is C20H24FIN6. The molecule has 0 atom stereocenters. The second-order valence-corrected chi connectivity index (χ2v) is 6.13. The Morgan fingerprint density at radius 1 is 1.18 bits per heavy atom. The number of benzene rings is 1. The van der Waals surface area contributed by atoms with Crippen LogP contribution in [0.15, 0.2) is 66.0 Å². The summed E-state index contributed by atoms with van der Waals surface area (Å²) in [5, 5.41) is 7.48. The number of hydrogen-bond acceptors (Lipinski definition) is 3. The predicted molar refractivity (Wildman–Crippen MR) is 119 cm³/mol. The van der Waals surface area contributed by atoms with Crippen molar-refractivity contribution >= 4 is 29.9 Å². The van der Waals surface area contributed by atoms with Crippen LogP contribution < -0.4 is 5.32 Å². The predicted octanol–water partition coefficient (Wildman–Crippen LogP) is 3.62. The van der Waals surface area contributed by atoms with Crippen molar-refractivity contribution in [1.29, 1.82) is 0 Å². The van der Waals surface area contributed by atoms with E-state index < -0.39 is 0 Å². The summed E-state index contributed by atoms with van der Waals surface area (Å²) in [5.41, 5.74) is 1.93. The number of rotatable bonds is 6. The van der Waals surface area contributed by atoms with Crippen LogP contribution in [0.3, 0.4) is 0 Å². The monoisotopic (exact) mass is 494 g/mol. The summed E-state index contributed by atoms with van der Waals surface area (Å²) in [6.07, 6.45) is 5.33. The normalized spacial score (nSPS) is 11.0. The van der Waals surface area contributed by atoms with Gasteiger partial charge in [0.25, 0.3) is 0 Å². The molecule has 0 aliphatic carbocycles. The van der Waals surface area contributed by atoms with Gasteiger partial charge < -0.3 is 10.2 Å². The van der Waals surface area contributed by atoms with Gasteiger partial charge in [0, 0.05) is 38.7 Å². The molecule has 1 N–H and O–H groups in total. The number of pyridine rings is 1. The van der Waals surface area contributed by atoms with E-state index in [9.17, 15) is 4.39 Å². The quantitative estimate of drug-likeness (QED) is 0.323. The van der Waals surface area contributed by atoms with Crippen LogP contribution in [-0.2, 0) is 13.1 Å². The van der Waals surface area contributed by atoms with Crippen LogP contribution in [0.1, 0.15) is 18.1 Å². The van der Waals surface area contributed by atoms with E-state index in [0.717, 1.165) is 29.4 Å². The zero-order valence-corrected chi connectivity index (χ0v) is 18.2. The van der Waals surface area contributed by atoms with Gasteiger partial charge in [-0.2, -0.15) is 5.10 Å². The molecule has 0 aliphatic heterocycles. The molecule has 0 fully saturated rings. The van der Waals surface area contributed by atoms with Gasteiger partial charge in [-0.1, -0.05) is 12.1 Å². The Labute approximate surface area is 181 Å². The fourth-order valence-corrected chi connectivity index (χ4v) is 2.71. The molecule has 2 heterocycles. The molecule has 0 radical (unpaired) electrons. The molecule has 3 aromatic rings. The number of aliphatic imine (C=N–C) groups is 1. The van der Waals surface area contributed by atoms with E-state index in [4.69, 9.17) is 4.99 Å². The lowest BCUT2D eigenvalue weighted by atomic mass is 10.2. The molecular weight excluding hydrogens is 470 g/mol. The van der Waals surface area contributed by atoms with Gasteiger partial charge in [-0.05, 0) is 48.4 Å². The largest absolute Gasteiger partial charge is 0.357 e. The van der Waals surface area contributed by atoms with E-state index in [1.165, 1.54) is 6.07 Å². The summed E-state index contributed by atoms with van der Waals surface area (Å²) in [4.78, 5) is 11.0. The first-order chi connectivity index (χ1) is 13.2. The maximum atomic E-state index is 13.4. The maximum Gasteiger partial charge on any atom is 0.194 e. The highest BCUT2D eigenvalue weighted by Crippen LogP contribution is 2.09. The Bertz CT molecular complexity index is 897. The Morgan fingerprint density at radius 2 is 2.04 bits per heavy atom. The van der Waals surface area contributed by atoms with E-state index in [-0.39, 0.29) is 29.8 Å². The van der Waals surface area contributed by atoms with E-state index in [0.29, 0.717) is 13.1 Å². The summed E-state index contributed by atoms with van der Waals surface area (Å²) < 4.78 is 15.1. The highest BCUT2D eigenvalue weighted by molar-refractivity contribution is 14.0. The summed E-state index contributed by atoms with van der Waals surface area (Å²) in [6.45, 7) is 3.85. The summed E-state index contributed by atoms with van der Waals surface area (Å²) in [7, 11) is 1.94. The Balaban J connectivity index is 0.00000280. The van der Waals surface area contributed by atoms with E-state index in [1.807, 2.05) is 49.3 Å². The Morgan fingerprint density at radius 3 is 2.75 bits per heavy atom. The lowest BCUT2D eigenvalue weighted by molar-refractivity contribution is 0.474. The molecule has 0 spiro atoms. The van der Waals surface area contributed by atoms with Crippen molar-refractivity contribution in [3.05, 3.63) is 78.0 Å². The number of aromatic nitrogens is 3. The van der Waals surface area contributed by atoms with Crippen molar-refractivity contribution in [2.45, 2.75) is 20.0 Å². The number of hydrogen-bond donors (Lipinski definition) is 1. The highest BCUT2D eigenvalue weighted by Gasteiger charge is 2.08. The first-order valence-corrected chi connectivity index (χ1v) is 8.84. The van der Waals surface area contributed by atoms with Gasteiger partial charge in [0.05, 0.1) is 6.54 Å². The fourth-order valence-electron chi connectivity index (χ4n) is 2.71. The molecule has 0 aliphatic rings. The average Bonchev–Trinajstić information content (AvgIpc) is 3.20. The third-order valence-corrected chi connectivity index (χ3v) is 3.97. The van der Waals surface area contributed by atoms with Crippen molar-refractivity contribution in [2.75, 3.05) is 13.6 Å². The first kappa shape index (κ1) is 21.8. The van der Waals surface area contributed by atoms with Crippen molar-refractivity contribution in [3.8, 4) is 5.82 Å². The fraction of sp³-hybridized carbons (Fsp3) is 0.250. The molecule has 0 saturated heterocycles. The summed E-state index contributed by atoms with van der Waals surface area (Å²) >= 11 is 0. The minimum absolute atomic E-state index is 0. The minimum Gasteiger partial charge on any atom is -0.357 e. The molecule has 6 nitrogen and oxygen atoms in total. The van der Waals surface area contributed by atoms with Gasteiger partial charge in [0.15, 0.2) is 11.8 Å². The molecule has 8 heteroatoms. The van der Waals surface area contributed by atoms with Gasteiger partial charge in [0.2, 0.25) is 0 Å². The van der Waals surface area contributed by atoms with E-state index in [2.05, 4.69) is 15.4 Å². The third kappa shape index (κ3) is 6.01. The van der Waals surface area contributed by atoms with Crippen LogP contribution in [0.5, 0.6) is 0 Å². The maximum absolute atomic E-state index is 13.4. The number of guanidine groups is 1. The zero-order valence-electron chi connectivity index (χ0n) is 15.9. The summed E-state index contributed by atoms with van der Waals surface area (Å²) in [5.74, 6) is 1.29. The minimum atomic E-state index is -0.231. The molecule has 0 unspecified atom stereocenters. The lowest BCUT2D eigenvalue weighted by Gasteiger charge is -2.22. The molecule has 0 saturated carbocycles. The molecule has 148 valence electrons.